The van der Waals surface area contributed by atoms with Crippen molar-refractivity contribution in [1.29, 1.82) is 0 Å². The molecule has 0 atom stereocenters. The van der Waals surface area contributed by atoms with Gasteiger partial charge in [0.1, 0.15) is 11.4 Å². The number of hydrogen-bond acceptors (Lipinski definition) is 6. The molecule has 0 unspecified atom stereocenters. The molecule has 216 valence electrons. The number of nitrogens with zero attached hydrogens (tertiary/aromatic N) is 1. The van der Waals surface area contributed by atoms with Crippen LogP contribution in [-0.4, -0.2) is 58.7 Å². The van der Waals surface area contributed by atoms with E-state index in [2.05, 4.69) is 5.32 Å². The monoisotopic (exact) mass is 552 g/mol. The van der Waals surface area contributed by atoms with Crippen LogP contribution < -0.4 is 10.1 Å². The molecule has 39 heavy (non-hydrogen) atoms. The van der Waals surface area contributed by atoms with Crippen LogP contribution in [-0.2, 0) is 17.1 Å². The van der Waals surface area contributed by atoms with Crippen molar-refractivity contribution in [3.8, 4) is 16.9 Å². The molecule has 3 rings (SSSR count). The Kier molecular flexibility index (Phi) is 9.56. The number of halogens is 3. The Hall–Kier alpha value is -2.82. The first kappa shape index (κ1) is 30.7. The molecule has 1 aliphatic carbocycles. The number of amides is 1. The predicted molar refractivity (Wildman–Crippen MR) is 142 cm³/mol. The maximum Gasteiger partial charge on any atom is 0.447 e. The van der Waals surface area contributed by atoms with Gasteiger partial charge in [-0.05, 0) is 76.6 Å². The van der Waals surface area contributed by atoms with Gasteiger partial charge in [0.25, 0.3) is 5.79 Å². The highest BCUT2D eigenvalue weighted by Gasteiger charge is 2.54. The summed E-state index contributed by atoms with van der Waals surface area (Å²) in [6.45, 7) is 8.45. The van der Waals surface area contributed by atoms with Crippen molar-refractivity contribution in [3.05, 3.63) is 53.6 Å². The van der Waals surface area contributed by atoms with E-state index in [1.165, 1.54) is 12.1 Å². The topological polar surface area (TPSA) is 91.3 Å². The molecular formula is C29H39F3N2O5. The van der Waals surface area contributed by atoms with Gasteiger partial charge in [-0.3, -0.25) is 0 Å². The Morgan fingerprint density at radius 2 is 1.59 bits per heavy atom. The molecule has 0 spiro atoms. The zero-order valence-electron chi connectivity index (χ0n) is 23.1. The third kappa shape index (κ3) is 7.86. The minimum Gasteiger partial charge on any atom is -0.494 e. The van der Waals surface area contributed by atoms with E-state index in [9.17, 15) is 28.2 Å². The molecule has 0 bridgehead atoms. The number of benzene rings is 2. The van der Waals surface area contributed by atoms with E-state index in [1.54, 1.807) is 11.9 Å². The summed E-state index contributed by atoms with van der Waals surface area (Å²) in [4.78, 5) is 14.1. The largest absolute Gasteiger partial charge is 0.494 e. The molecule has 0 aliphatic heterocycles. The Balaban J connectivity index is 1.66. The Morgan fingerprint density at radius 1 is 1.00 bits per heavy atom. The molecule has 1 saturated carbocycles. The number of rotatable bonds is 8. The lowest BCUT2D eigenvalue weighted by molar-refractivity contribution is -0.358. The molecule has 0 saturated heterocycles. The summed E-state index contributed by atoms with van der Waals surface area (Å²) in [7, 11) is 1.78. The van der Waals surface area contributed by atoms with Crippen molar-refractivity contribution < 1.29 is 37.7 Å². The van der Waals surface area contributed by atoms with E-state index in [-0.39, 0.29) is 18.2 Å². The van der Waals surface area contributed by atoms with Crippen LogP contribution in [0.5, 0.6) is 5.75 Å². The van der Waals surface area contributed by atoms with Gasteiger partial charge in [0.05, 0.1) is 6.61 Å². The SMILES string of the molecule is CCOc1ccc(-c2ccc(C(O)(O)C(F)(F)F)cc2)cc1CNC1CCC(N(C)C(=O)OC(C)(C)C)CC1. The maximum atomic E-state index is 13.0. The molecule has 7 nitrogen and oxygen atoms in total. The van der Waals surface area contributed by atoms with Gasteiger partial charge in [-0.25, -0.2) is 4.79 Å². The van der Waals surface area contributed by atoms with Crippen LogP contribution in [0.3, 0.4) is 0 Å². The van der Waals surface area contributed by atoms with Crippen LogP contribution in [0.1, 0.15) is 64.5 Å². The van der Waals surface area contributed by atoms with E-state index in [4.69, 9.17) is 9.47 Å². The number of carbonyl (C=O) groups is 1. The first-order valence-electron chi connectivity index (χ1n) is 13.2. The standard InChI is InChI=1S/C29H39F3N2O5/c1-6-38-25-16-9-20(19-7-10-22(11-8-19)28(36,37)29(30,31)32)17-21(25)18-33-23-12-14-24(15-13-23)34(5)26(35)39-27(2,3)4/h7-11,16-17,23-24,33,36-37H,6,12-15,18H2,1-5H3. The number of carbonyl (C=O) groups excluding carboxylic acids is 1. The van der Waals surface area contributed by atoms with Crippen molar-refractivity contribution in [2.45, 2.75) is 89.6 Å². The molecule has 3 N–H and O–H groups in total. The van der Waals surface area contributed by atoms with Gasteiger partial charge in [0.2, 0.25) is 0 Å². The quantitative estimate of drug-likeness (QED) is 0.363. The molecule has 1 aliphatic rings. The predicted octanol–water partition coefficient (Wildman–Crippen LogP) is 5.72. The average molecular weight is 553 g/mol. The summed E-state index contributed by atoms with van der Waals surface area (Å²) in [5.74, 6) is -3.20. The first-order valence-corrected chi connectivity index (χ1v) is 13.2. The van der Waals surface area contributed by atoms with Gasteiger partial charge in [-0.15, -0.1) is 0 Å². The summed E-state index contributed by atoms with van der Waals surface area (Å²) < 4.78 is 50.2. The van der Waals surface area contributed by atoms with Gasteiger partial charge in [-0.2, -0.15) is 13.2 Å². The molecule has 0 aromatic heterocycles. The highest BCUT2D eigenvalue weighted by Crippen LogP contribution is 2.37. The fraction of sp³-hybridized carbons (Fsp3) is 0.552. The molecule has 2 aromatic carbocycles. The highest BCUT2D eigenvalue weighted by atomic mass is 19.4. The van der Waals surface area contributed by atoms with Gasteiger partial charge >= 0.3 is 12.3 Å². The average Bonchev–Trinajstić information content (AvgIpc) is 2.86. The number of aliphatic hydroxyl groups is 2. The van der Waals surface area contributed by atoms with E-state index in [0.29, 0.717) is 24.5 Å². The Morgan fingerprint density at radius 3 is 2.13 bits per heavy atom. The van der Waals surface area contributed by atoms with Gasteiger partial charge < -0.3 is 29.9 Å². The van der Waals surface area contributed by atoms with E-state index in [1.807, 2.05) is 45.9 Å². The normalized spacial score (nSPS) is 18.5. The zero-order valence-corrected chi connectivity index (χ0v) is 23.1. The second-order valence-electron chi connectivity index (χ2n) is 11.0. The second kappa shape index (κ2) is 12.1. The molecular weight excluding hydrogens is 513 g/mol. The van der Waals surface area contributed by atoms with Crippen molar-refractivity contribution in [2.24, 2.45) is 0 Å². The Labute approximate surface area is 227 Å². The van der Waals surface area contributed by atoms with Crippen LogP contribution in [0.4, 0.5) is 18.0 Å². The second-order valence-corrected chi connectivity index (χ2v) is 11.0. The van der Waals surface area contributed by atoms with E-state index in [0.717, 1.165) is 48.9 Å². The zero-order chi connectivity index (χ0) is 29.0. The summed E-state index contributed by atoms with van der Waals surface area (Å²) in [5.41, 5.74) is 1.11. The molecule has 1 amide bonds. The lowest BCUT2D eigenvalue weighted by Gasteiger charge is -2.36. The number of alkyl halides is 3. The number of hydrogen-bond donors (Lipinski definition) is 3. The number of ether oxygens (including phenoxy) is 2. The van der Waals surface area contributed by atoms with Gasteiger partial charge in [-0.1, -0.05) is 30.3 Å². The summed E-state index contributed by atoms with van der Waals surface area (Å²) in [6, 6.07) is 10.9. The molecule has 1 fully saturated rings. The minimum absolute atomic E-state index is 0.122. The third-order valence-corrected chi connectivity index (χ3v) is 6.88. The maximum absolute atomic E-state index is 13.0. The molecule has 10 heteroatoms. The van der Waals surface area contributed by atoms with Crippen molar-refractivity contribution in [1.82, 2.24) is 10.2 Å². The fourth-order valence-corrected chi connectivity index (χ4v) is 4.66. The van der Waals surface area contributed by atoms with Gasteiger partial charge in [0.15, 0.2) is 0 Å². The molecule has 0 radical (unpaired) electrons. The third-order valence-electron chi connectivity index (χ3n) is 6.88. The van der Waals surface area contributed by atoms with Crippen molar-refractivity contribution in [2.75, 3.05) is 13.7 Å². The fourth-order valence-electron chi connectivity index (χ4n) is 4.66. The summed E-state index contributed by atoms with van der Waals surface area (Å²) in [5, 5.41) is 22.6. The van der Waals surface area contributed by atoms with Crippen LogP contribution in [0, 0.1) is 0 Å². The molecule has 2 aromatic rings. The van der Waals surface area contributed by atoms with Crippen LogP contribution in [0.15, 0.2) is 42.5 Å². The smallest absolute Gasteiger partial charge is 0.447 e. The summed E-state index contributed by atoms with van der Waals surface area (Å²) >= 11 is 0. The van der Waals surface area contributed by atoms with Crippen LogP contribution in [0.2, 0.25) is 0 Å². The lowest BCUT2D eigenvalue weighted by atomic mass is 9.90. The highest BCUT2D eigenvalue weighted by molar-refractivity contribution is 5.68. The van der Waals surface area contributed by atoms with Crippen LogP contribution in [0.25, 0.3) is 11.1 Å². The van der Waals surface area contributed by atoms with Crippen molar-refractivity contribution >= 4 is 6.09 Å². The lowest BCUT2D eigenvalue weighted by Crippen LogP contribution is -2.44. The van der Waals surface area contributed by atoms with E-state index >= 15 is 0 Å². The Bertz CT molecular complexity index is 1110. The van der Waals surface area contributed by atoms with Crippen LogP contribution >= 0.6 is 0 Å². The number of nitrogens with one attached hydrogen (secondary N) is 1. The molecule has 0 heterocycles. The summed E-state index contributed by atoms with van der Waals surface area (Å²) in [6.07, 6.45) is -2.03. The van der Waals surface area contributed by atoms with Crippen molar-refractivity contribution in [3.63, 3.8) is 0 Å². The van der Waals surface area contributed by atoms with Gasteiger partial charge in [0, 0.05) is 36.8 Å². The minimum atomic E-state index is -5.21. The first-order chi connectivity index (χ1) is 18.1. The van der Waals surface area contributed by atoms with E-state index < -0.39 is 23.1 Å².